The number of alkyl halides is 3. The first-order valence-electron chi connectivity index (χ1n) is 11.8. The summed E-state index contributed by atoms with van der Waals surface area (Å²) in [6.45, 7) is 2.39. The normalized spacial score (nSPS) is 42.5. The molecule has 2 bridgehead atoms. The quantitative estimate of drug-likeness (QED) is 0.374. The molecule has 2 amide bonds. The number of fused-ring (bicyclic) bond motifs is 5. The fourth-order valence-corrected chi connectivity index (χ4v) is 6.28. The topological polar surface area (TPSA) is 170 Å². The van der Waals surface area contributed by atoms with Crippen LogP contribution in [0.4, 0.5) is 18.9 Å². The number of ether oxygens (including phenoxy) is 3. The molecule has 0 spiro atoms. The highest BCUT2D eigenvalue weighted by Crippen LogP contribution is 2.62. The van der Waals surface area contributed by atoms with Crippen molar-refractivity contribution in [2.24, 2.45) is 11.8 Å². The summed E-state index contributed by atoms with van der Waals surface area (Å²) in [7, 11) is 0. The van der Waals surface area contributed by atoms with Crippen molar-refractivity contribution < 1.29 is 57.4 Å². The molecule has 0 aromatic heterocycles. The monoisotopic (exact) mass is 542 g/mol. The lowest BCUT2D eigenvalue weighted by molar-refractivity contribution is -0.319. The molecule has 4 aliphatic rings. The molecule has 0 aliphatic carbocycles. The van der Waals surface area contributed by atoms with Gasteiger partial charge in [-0.2, -0.15) is 18.4 Å². The number of nitrogens with zero attached hydrogens (tertiary/aromatic N) is 2. The highest BCUT2D eigenvalue weighted by atomic mass is 19.4. The molecule has 206 valence electrons. The number of aliphatic hydroxyl groups is 4. The summed E-state index contributed by atoms with van der Waals surface area (Å²) < 4.78 is 58.0. The highest BCUT2D eigenvalue weighted by Gasteiger charge is 2.76. The Hall–Kier alpha value is -2.64. The van der Waals surface area contributed by atoms with Crippen LogP contribution in [0.3, 0.4) is 0 Å². The Labute approximate surface area is 213 Å². The van der Waals surface area contributed by atoms with Gasteiger partial charge in [0.1, 0.15) is 30.0 Å². The van der Waals surface area contributed by atoms with Gasteiger partial charge in [-0.3, -0.25) is 9.59 Å². The predicted molar refractivity (Wildman–Crippen MR) is 117 cm³/mol. The summed E-state index contributed by atoms with van der Waals surface area (Å²) in [6.07, 6.45) is -13.6. The summed E-state index contributed by atoms with van der Waals surface area (Å²) in [6, 6.07) is 4.03. The molecule has 38 heavy (non-hydrogen) atoms. The molecule has 0 radical (unpaired) electrons. The van der Waals surface area contributed by atoms with Gasteiger partial charge in [-0.1, -0.05) is 0 Å². The molecule has 14 heteroatoms. The number of hydrogen-bond acceptors (Lipinski definition) is 10. The maximum absolute atomic E-state index is 13.6. The van der Waals surface area contributed by atoms with Crippen LogP contribution in [0.5, 0.6) is 0 Å². The number of nitriles is 1. The Morgan fingerprint density at radius 3 is 2.39 bits per heavy atom. The number of carbonyl (C=O) groups excluding carboxylic acids is 2. The molecule has 4 aliphatic heterocycles. The zero-order valence-electron chi connectivity index (χ0n) is 20.1. The van der Waals surface area contributed by atoms with Crippen LogP contribution in [0.25, 0.3) is 0 Å². The first kappa shape index (κ1) is 26.9. The van der Waals surface area contributed by atoms with Crippen molar-refractivity contribution in [2.45, 2.75) is 74.5 Å². The number of amides is 2. The largest absolute Gasteiger partial charge is 0.417 e. The molecule has 4 saturated heterocycles. The van der Waals surface area contributed by atoms with Crippen LogP contribution in [0, 0.1) is 23.2 Å². The third-order valence-corrected chi connectivity index (χ3v) is 8.10. The average molecular weight is 542 g/mol. The van der Waals surface area contributed by atoms with E-state index in [4.69, 9.17) is 19.5 Å². The molecule has 0 unspecified atom stereocenters. The SMILES string of the molecule is C[C@@]12O[C@@](C)(C[C@H]1O[C@H]1O[C@H](CO)[C@@H](O)[C@H](O)[C@H]1O)[C@@H]1C(=O)N(c3ccc(C#N)c(C(F)(F)F)c3)C(=O)[C@H]12. The van der Waals surface area contributed by atoms with Gasteiger partial charge in [-0.05, 0) is 32.0 Å². The smallest absolute Gasteiger partial charge is 0.394 e. The molecule has 4 fully saturated rings. The Balaban J connectivity index is 1.45. The maximum Gasteiger partial charge on any atom is 0.417 e. The summed E-state index contributed by atoms with van der Waals surface area (Å²) >= 11 is 0. The average Bonchev–Trinajstić information content (AvgIpc) is 3.38. The van der Waals surface area contributed by atoms with E-state index >= 15 is 0 Å². The van der Waals surface area contributed by atoms with E-state index < -0.39 is 95.6 Å². The minimum atomic E-state index is -4.90. The van der Waals surface area contributed by atoms with Crippen molar-refractivity contribution in [2.75, 3.05) is 11.5 Å². The van der Waals surface area contributed by atoms with Crippen LogP contribution in [0.1, 0.15) is 31.4 Å². The first-order valence-corrected chi connectivity index (χ1v) is 11.8. The third kappa shape index (κ3) is 3.69. The van der Waals surface area contributed by atoms with Crippen LogP contribution < -0.4 is 4.90 Å². The Morgan fingerprint density at radius 2 is 1.79 bits per heavy atom. The van der Waals surface area contributed by atoms with Crippen molar-refractivity contribution in [3.05, 3.63) is 29.3 Å². The van der Waals surface area contributed by atoms with Gasteiger partial charge in [0.15, 0.2) is 6.29 Å². The zero-order chi connectivity index (χ0) is 27.9. The van der Waals surface area contributed by atoms with Gasteiger partial charge >= 0.3 is 6.18 Å². The molecule has 1 aromatic rings. The molecule has 1 aromatic carbocycles. The fourth-order valence-electron chi connectivity index (χ4n) is 6.28. The highest BCUT2D eigenvalue weighted by molar-refractivity contribution is 6.23. The molecular weight excluding hydrogens is 517 g/mol. The maximum atomic E-state index is 13.6. The standard InChI is InChI=1S/C24H25F3N2O9/c1-22-6-13(37-21-18(33)17(32)16(31)12(8-30)36-21)23(2,38-22)15-14(22)19(34)29(20(15)35)10-4-3-9(7-28)11(5-10)24(25,26)27/h3-5,12-18,21,30-33H,6,8H2,1-2H3/t12-,13-,14+,15+,16-,17+,18-,21-,22+,23-/m1/s1. The van der Waals surface area contributed by atoms with Crippen molar-refractivity contribution in [1.29, 1.82) is 5.26 Å². The minimum Gasteiger partial charge on any atom is -0.394 e. The summed E-state index contributed by atoms with van der Waals surface area (Å²) in [5, 5.41) is 49.0. The number of anilines is 1. The van der Waals surface area contributed by atoms with E-state index in [0.29, 0.717) is 11.0 Å². The number of rotatable bonds is 4. The van der Waals surface area contributed by atoms with Crippen LogP contribution in [0.15, 0.2) is 18.2 Å². The van der Waals surface area contributed by atoms with Gasteiger partial charge in [0.25, 0.3) is 0 Å². The van der Waals surface area contributed by atoms with E-state index in [2.05, 4.69) is 0 Å². The van der Waals surface area contributed by atoms with Crippen molar-refractivity contribution in [3.63, 3.8) is 0 Å². The van der Waals surface area contributed by atoms with E-state index in [1.165, 1.54) is 13.0 Å². The van der Waals surface area contributed by atoms with Gasteiger partial charge in [-0.15, -0.1) is 0 Å². The summed E-state index contributed by atoms with van der Waals surface area (Å²) in [5.41, 5.74) is -5.01. The Morgan fingerprint density at radius 1 is 1.13 bits per heavy atom. The van der Waals surface area contributed by atoms with Gasteiger partial charge in [-0.25, -0.2) is 4.90 Å². The molecule has 11 nitrogen and oxygen atoms in total. The second-order valence-corrected chi connectivity index (χ2v) is 10.4. The lowest BCUT2D eigenvalue weighted by Gasteiger charge is -2.43. The van der Waals surface area contributed by atoms with E-state index in [1.807, 2.05) is 0 Å². The van der Waals surface area contributed by atoms with Gasteiger partial charge in [0, 0.05) is 6.42 Å². The van der Waals surface area contributed by atoms with Gasteiger partial charge in [0.2, 0.25) is 11.8 Å². The second-order valence-electron chi connectivity index (χ2n) is 10.4. The zero-order valence-corrected chi connectivity index (χ0v) is 20.1. The van der Waals surface area contributed by atoms with Crippen molar-refractivity contribution in [1.82, 2.24) is 0 Å². The molecule has 0 saturated carbocycles. The summed E-state index contributed by atoms with van der Waals surface area (Å²) in [4.78, 5) is 27.7. The lowest BCUT2D eigenvalue weighted by atomic mass is 9.67. The van der Waals surface area contributed by atoms with Crippen molar-refractivity contribution in [3.8, 4) is 6.07 Å². The number of aliphatic hydroxyl groups excluding tert-OH is 4. The van der Waals surface area contributed by atoms with Crippen LogP contribution in [-0.2, 0) is 30.0 Å². The number of benzene rings is 1. The summed E-state index contributed by atoms with van der Waals surface area (Å²) in [5.74, 6) is -3.77. The van der Waals surface area contributed by atoms with Crippen LogP contribution in [0.2, 0.25) is 0 Å². The van der Waals surface area contributed by atoms with Crippen molar-refractivity contribution >= 4 is 17.5 Å². The van der Waals surface area contributed by atoms with E-state index in [-0.39, 0.29) is 12.1 Å². The third-order valence-electron chi connectivity index (χ3n) is 8.10. The van der Waals surface area contributed by atoms with Crippen LogP contribution in [-0.4, -0.2) is 86.9 Å². The molecule has 10 atom stereocenters. The second kappa shape index (κ2) is 8.68. The number of hydrogen-bond donors (Lipinski definition) is 4. The first-order chi connectivity index (χ1) is 17.7. The number of halogens is 3. The van der Waals surface area contributed by atoms with Crippen LogP contribution >= 0.6 is 0 Å². The molecular formula is C24H25F3N2O9. The molecule has 4 N–H and O–H groups in total. The van der Waals surface area contributed by atoms with E-state index in [0.717, 1.165) is 12.1 Å². The van der Waals surface area contributed by atoms with E-state index in [9.17, 15) is 43.2 Å². The van der Waals surface area contributed by atoms with Gasteiger partial charge in [0.05, 0.1) is 53.0 Å². The van der Waals surface area contributed by atoms with E-state index in [1.54, 1.807) is 6.92 Å². The Kier molecular flexibility index (Phi) is 6.16. The number of carbonyl (C=O) groups is 2. The lowest BCUT2D eigenvalue weighted by Crippen LogP contribution is -2.61. The minimum absolute atomic E-state index is 0.0354. The molecule has 4 heterocycles. The van der Waals surface area contributed by atoms with Gasteiger partial charge < -0.3 is 34.6 Å². The predicted octanol–water partition coefficient (Wildman–Crippen LogP) is -0.181. The molecule has 5 rings (SSSR count). The number of imide groups is 1. The Bertz CT molecular complexity index is 1220. The fraction of sp³-hybridized carbons (Fsp3) is 0.625.